The van der Waals surface area contributed by atoms with Crippen molar-refractivity contribution in [3.8, 4) is 11.1 Å². The zero-order valence-corrected chi connectivity index (χ0v) is 18.1. The largest absolute Gasteiger partial charge is 0.480 e. The molecule has 1 N–H and O–H groups in total. The third-order valence-corrected chi connectivity index (χ3v) is 8.34. The lowest BCUT2D eigenvalue weighted by Crippen LogP contribution is -2.57. The van der Waals surface area contributed by atoms with Crippen LogP contribution in [0.25, 0.3) is 11.1 Å². The summed E-state index contributed by atoms with van der Waals surface area (Å²) in [6.45, 7) is -0.149. The van der Waals surface area contributed by atoms with E-state index < -0.39 is 33.7 Å². The summed E-state index contributed by atoms with van der Waals surface area (Å²) in [6.07, 6.45) is -0.733. The molecule has 2 saturated heterocycles. The number of fused-ring (bicyclic) bond motifs is 3. The number of carbonyl (C=O) groups excluding carboxylic acids is 1. The Balaban J connectivity index is 1.40. The number of benzene rings is 2. The van der Waals surface area contributed by atoms with Gasteiger partial charge in [0, 0.05) is 18.8 Å². The third kappa shape index (κ3) is 3.36. The molecule has 2 heterocycles. The Kier molecular flexibility index (Phi) is 4.98. The highest BCUT2D eigenvalue weighted by atomic mass is 32.2. The van der Waals surface area contributed by atoms with Crippen molar-refractivity contribution >= 4 is 21.9 Å². The minimum atomic E-state index is -3.23. The maximum absolute atomic E-state index is 13.2. The van der Waals surface area contributed by atoms with E-state index in [1.165, 1.54) is 0 Å². The lowest BCUT2D eigenvalue weighted by molar-refractivity contribution is -0.143. The number of carboxylic acid groups (broad SMARTS) is 1. The zero-order chi connectivity index (χ0) is 22.5. The van der Waals surface area contributed by atoms with Gasteiger partial charge in [-0.2, -0.15) is 0 Å². The smallest absolute Gasteiger partial charge is 0.412 e. The van der Waals surface area contributed by atoms with Gasteiger partial charge in [0.1, 0.15) is 12.3 Å². The SMILES string of the molecule is O=C(O)C1COC2(CCS(=O)(=O)CC2)N1C(=O)OCC1c2ccccc2-c2ccccc21. The molecule has 2 aromatic rings. The van der Waals surface area contributed by atoms with E-state index in [2.05, 4.69) is 0 Å². The highest BCUT2D eigenvalue weighted by Gasteiger charge is 2.55. The molecule has 0 saturated carbocycles. The molecule has 0 bridgehead atoms. The van der Waals surface area contributed by atoms with Crippen LogP contribution in [-0.2, 0) is 24.1 Å². The summed E-state index contributed by atoms with van der Waals surface area (Å²) in [5, 5.41) is 9.64. The third-order valence-electron chi connectivity index (χ3n) is 6.69. The van der Waals surface area contributed by atoms with E-state index >= 15 is 0 Å². The molecule has 0 radical (unpaired) electrons. The van der Waals surface area contributed by atoms with Crippen molar-refractivity contribution in [1.29, 1.82) is 0 Å². The summed E-state index contributed by atoms with van der Waals surface area (Å²) in [6, 6.07) is 14.6. The molecule has 5 rings (SSSR count). The van der Waals surface area contributed by atoms with Crippen molar-refractivity contribution in [1.82, 2.24) is 4.90 Å². The second kappa shape index (κ2) is 7.60. The van der Waals surface area contributed by atoms with Crippen LogP contribution in [0.1, 0.15) is 29.9 Å². The highest BCUT2D eigenvalue weighted by Crippen LogP contribution is 2.45. The standard InChI is InChI=1S/C23H23NO7S/c25-21(26)20-14-31-23(9-11-32(28,29)12-10-23)24(20)22(27)30-13-19-17-7-3-1-5-15(17)16-6-2-4-8-18(16)19/h1-8,19-20H,9-14H2,(H,25,26). The van der Waals surface area contributed by atoms with Gasteiger partial charge < -0.3 is 14.6 Å². The first kappa shape index (κ1) is 21.0. The molecule has 1 amide bonds. The van der Waals surface area contributed by atoms with Crippen molar-refractivity contribution in [2.75, 3.05) is 24.7 Å². The topological polar surface area (TPSA) is 110 Å². The number of hydrogen-bond donors (Lipinski definition) is 1. The summed E-state index contributed by atoms with van der Waals surface area (Å²) in [4.78, 5) is 26.1. The number of rotatable bonds is 3. The Bertz CT molecular complexity index is 1130. The number of sulfone groups is 1. The van der Waals surface area contributed by atoms with Crippen molar-refractivity contribution in [2.45, 2.75) is 30.5 Å². The maximum Gasteiger partial charge on any atom is 0.412 e. The van der Waals surface area contributed by atoms with Crippen LogP contribution in [0.5, 0.6) is 0 Å². The average molecular weight is 458 g/mol. The van der Waals surface area contributed by atoms with Gasteiger partial charge >= 0.3 is 12.1 Å². The van der Waals surface area contributed by atoms with Crippen molar-refractivity contribution < 1.29 is 32.6 Å². The van der Waals surface area contributed by atoms with Crippen LogP contribution in [0, 0.1) is 0 Å². The molecule has 3 aliphatic rings. The predicted octanol–water partition coefficient (Wildman–Crippen LogP) is 2.63. The van der Waals surface area contributed by atoms with Crippen LogP contribution < -0.4 is 0 Å². The quantitative estimate of drug-likeness (QED) is 0.754. The van der Waals surface area contributed by atoms with E-state index in [1.807, 2.05) is 48.5 Å². The van der Waals surface area contributed by atoms with Crippen LogP contribution in [0.2, 0.25) is 0 Å². The van der Waals surface area contributed by atoms with Crippen LogP contribution >= 0.6 is 0 Å². The van der Waals surface area contributed by atoms with Gasteiger partial charge in [-0.05, 0) is 22.3 Å². The first-order valence-electron chi connectivity index (χ1n) is 10.5. The van der Waals surface area contributed by atoms with Crippen molar-refractivity contribution in [2.24, 2.45) is 0 Å². The molecule has 0 aromatic heterocycles. The molecule has 2 aliphatic heterocycles. The molecule has 1 unspecified atom stereocenters. The number of amides is 1. The molecule has 32 heavy (non-hydrogen) atoms. The molecule has 1 spiro atoms. The monoisotopic (exact) mass is 457 g/mol. The van der Waals surface area contributed by atoms with Crippen molar-refractivity contribution in [3.63, 3.8) is 0 Å². The molecule has 8 nitrogen and oxygen atoms in total. The fourth-order valence-electron chi connectivity index (χ4n) is 5.04. The van der Waals surface area contributed by atoms with Crippen LogP contribution in [0.3, 0.4) is 0 Å². The van der Waals surface area contributed by atoms with Gasteiger partial charge in [0.25, 0.3) is 0 Å². The molecule has 9 heteroatoms. The number of ether oxygens (including phenoxy) is 2. The Hall–Kier alpha value is -2.91. The molecule has 1 atom stereocenters. The van der Waals surface area contributed by atoms with E-state index in [9.17, 15) is 23.1 Å². The second-order valence-electron chi connectivity index (χ2n) is 8.44. The summed E-state index contributed by atoms with van der Waals surface area (Å²) in [7, 11) is -3.23. The first-order valence-corrected chi connectivity index (χ1v) is 12.3. The average Bonchev–Trinajstić information content (AvgIpc) is 3.31. The lowest BCUT2D eigenvalue weighted by atomic mass is 9.98. The highest BCUT2D eigenvalue weighted by molar-refractivity contribution is 7.91. The molecule has 2 fully saturated rings. The molecular weight excluding hydrogens is 434 g/mol. The number of carbonyl (C=O) groups is 2. The first-order chi connectivity index (χ1) is 15.3. The summed E-state index contributed by atoms with van der Waals surface area (Å²) < 4.78 is 35.2. The number of hydrogen-bond acceptors (Lipinski definition) is 6. The van der Waals surface area contributed by atoms with Gasteiger partial charge in [0.15, 0.2) is 15.9 Å². The molecular formula is C23H23NO7S. The Morgan fingerprint density at radius 1 is 1.03 bits per heavy atom. The zero-order valence-electron chi connectivity index (χ0n) is 17.3. The number of nitrogens with zero attached hydrogens (tertiary/aromatic N) is 1. The summed E-state index contributed by atoms with van der Waals surface area (Å²) in [5.74, 6) is -1.69. The summed E-state index contributed by atoms with van der Waals surface area (Å²) >= 11 is 0. The van der Waals surface area contributed by atoms with Gasteiger partial charge in [-0.25, -0.2) is 18.0 Å². The minimum absolute atomic E-state index is 0.0311. The predicted molar refractivity (Wildman–Crippen MR) is 115 cm³/mol. The van der Waals surface area contributed by atoms with Gasteiger partial charge in [-0.1, -0.05) is 48.5 Å². The summed E-state index contributed by atoms with van der Waals surface area (Å²) in [5.41, 5.74) is 3.01. The fourth-order valence-corrected chi connectivity index (χ4v) is 6.51. The van der Waals surface area contributed by atoms with Gasteiger partial charge in [0.05, 0.1) is 18.1 Å². The lowest BCUT2D eigenvalue weighted by Gasteiger charge is -2.40. The normalized spacial score (nSPS) is 23.0. The van der Waals surface area contributed by atoms with Crippen LogP contribution in [-0.4, -0.2) is 67.0 Å². The maximum atomic E-state index is 13.2. The van der Waals surface area contributed by atoms with Gasteiger partial charge in [-0.15, -0.1) is 0 Å². The van der Waals surface area contributed by atoms with Crippen molar-refractivity contribution in [3.05, 3.63) is 59.7 Å². The Labute approximate surface area is 185 Å². The van der Waals surface area contributed by atoms with Gasteiger partial charge in [-0.3, -0.25) is 4.90 Å². The number of carboxylic acids is 1. The fraction of sp³-hybridized carbons (Fsp3) is 0.391. The van der Waals surface area contributed by atoms with Crippen LogP contribution in [0.4, 0.5) is 4.79 Å². The Morgan fingerprint density at radius 2 is 1.59 bits per heavy atom. The minimum Gasteiger partial charge on any atom is -0.480 e. The van der Waals surface area contributed by atoms with E-state index in [0.717, 1.165) is 27.2 Å². The van der Waals surface area contributed by atoms with Gasteiger partial charge in [0.2, 0.25) is 0 Å². The second-order valence-corrected chi connectivity index (χ2v) is 10.7. The van der Waals surface area contributed by atoms with E-state index in [-0.39, 0.29) is 43.5 Å². The number of aliphatic carboxylic acids is 1. The Morgan fingerprint density at radius 3 is 2.16 bits per heavy atom. The van der Waals surface area contributed by atoms with E-state index in [1.54, 1.807) is 0 Å². The van der Waals surface area contributed by atoms with E-state index in [4.69, 9.17) is 9.47 Å². The van der Waals surface area contributed by atoms with Crippen LogP contribution in [0.15, 0.2) is 48.5 Å². The molecule has 168 valence electrons. The molecule has 2 aromatic carbocycles. The molecule has 1 aliphatic carbocycles. The van der Waals surface area contributed by atoms with E-state index in [0.29, 0.717) is 0 Å².